The van der Waals surface area contributed by atoms with Crippen molar-refractivity contribution in [1.29, 1.82) is 0 Å². The molecule has 0 bridgehead atoms. The molecule has 0 saturated heterocycles. The van der Waals surface area contributed by atoms with Crippen LogP contribution in [0.3, 0.4) is 0 Å². The summed E-state index contributed by atoms with van der Waals surface area (Å²) in [6, 6.07) is 8.63. The van der Waals surface area contributed by atoms with Crippen molar-refractivity contribution in [2.45, 2.75) is 6.92 Å². The van der Waals surface area contributed by atoms with Crippen molar-refractivity contribution < 1.29 is 27.9 Å². The van der Waals surface area contributed by atoms with Gasteiger partial charge in [-0.2, -0.15) is 0 Å². The second-order valence-electron chi connectivity index (χ2n) is 6.21. The number of amides is 2. The summed E-state index contributed by atoms with van der Waals surface area (Å²) in [5.41, 5.74) is 1.17. The van der Waals surface area contributed by atoms with Crippen molar-refractivity contribution in [1.82, 2.24) is 4.98 Å². The highest BCUT2D eigenvalue weighted by atomic mass is 19.1. The van der Waals surface area contributed by atoms with Crippen LogP contribution in [0.2, 0.25) is 0 Å². The molecular formula is C20H16FN3O5. The Morgan fingerprint density at radius 2 is 1.62 bits per heavy atom. The molecule has 0 spiro atoms. The number of oxazole rings is 1. The number of carbonyl (C=O) groups is 2. The molecule has 2 amide bonds. The van der Waals surface area contributed by atoms with Gasteiger partial charge in [0.2, 0.25) is 5.91 Å². The molecule has 148 valence electrons. The summed E-state index contributed by atoms with van der Waals surface area (Å²) in [6.07, 6.45) is 1.13. The van der Waals surface area contributed by atoms with Gasteiger partial charge >= 0.3 is 0 Å². The zero-order valence-electron chi connectivity index (χ0n) is 15.3. The van der Waals surface area contributed by atoms with Crippen molar-refractivity contribution in [3.05, 3.63) is 54.3 Å². The van der Waals surface area contributed by atoms with E-state index in [1.54, 1.807) is 12.1 Å². The van der Waals surface area contributed by atoms with E-state index >= 15 is 0 Å². The fourth-order valence-corrected chi connectivity index (χ4v) is 2.88. The maximum absolute atomic E-state index is 13.2. The van der Waals surface area contributed by atoms with Crippen molar-refractivity contribution in [2.75, 3.05) is 23.8 Å². The highest BCUT2D eigenvalue weighted by Crippen LogP contribution is 2.38. The molecule has 0 aliphatic carbocycles. The van der Waals surface area contributed by atoms with E-state index in [9.17, 15) is 14.0 Å². The van der Waals surface area contributed by atoms with E-state index in [0.717, 1.165) is 6.39 Å². The van der Waals surface area contributed by atoms with Crippen LogP contribution in [0.25, 0.3) is 11.3 Å². The van der Waals surface area contributed by atoms with E-state index in [2.05, 4.69) is 15.6 Å². The van der Waals surface area contributed by atoms with Gasteiger partial charge in [-0.25, -0.2) is 9.37 Å². The highest BCUT2D eigenvalue weighted by Gasteiger charge is 2.22. The van der Waals surface area contributed by atoms with Gasteiger partial charge in [0.25, 0.3) is 5.91 Å². The van der Waals surface area contributed by atoms with Crippen molar-refractivity contribution >= 4 is 23.2 Å². The van der Waals surface area contributed by atoms with Crippen LogP contribution in [0.4, 0.5) is 15.8 Å². The maximum atomic E-state index is 13.2. The van der Waals surface area contributed by atoms with Crippen LogP contribution in [-0.4, -0.2) is 30.0 Å². The number of ether oxygens (including phenoxy) is 2. The molecule has 29 heavy (non-hydrogen) atoms. The fraction of sp³-hybridized carbons (Fsp3) is 0.150. The molecule has 1 aliphatic rings. The first-order valence-electron chi connectivity index (χ1n) is 8.73. The van der Waals surface area contributed by atoms with E-state index in [4.69, 9.17) is 13.9 Å². The largest absolute Gasteiger partial charge is 0.486 e. The van der Waals surface area contributed by atoms with Crippen LogP contribution in [0.1, 0.15) is 17.4 Å². The highest BCUT2D eigenvalue weighted by molar-refractivity contribution is 6.09. The van der Waals surface area contributed by atoms with Crippen molar-refractivity contribution in [2.24, 2.45) is 0 Å². The van der Waals surface area contributed by atoms with E-state index in [1.807, 2.05) is 0 Å². The maximum Gasteiger partial charge on any atom is 0.278 e. The molecule has 4 rings (SSSR count). The number of fused-ring (bicyclic) bond motifs is 1. The molecule has 1 aromatic heterocycles. The van der Waals surface area contributed by atoms with Gasteiger partial charge in [-0.1, -0.05) is 0 Å². The lowest BCUT2D eigenvalue weighted by Gasteiger charge is -2.21. The first-order valence-corrected chi connectivity index (χ1v) is 8.73. The smallest absolute Gasteiger partial charge is 0.278 e. The molecule has 3 aromatic rings. The average Bonchev–Trinajstić information content (AvgIpc) is 3.18. The number of nitrogens with one attached hydrogen (secondary N) is 2. The first-order chi connectivity index (χ1) is 14.0. The Bertz CT molecular complexity index is 1080. The molecule has 2 aromatic carbocycles. The third-order valence-electron chi connectivity index (χ3n) is 4.13. The minimum absolute atomic E-state index is 0.0141. The number of halogens is 1. The second-order valence-corrected chi connectivity index (χ2v) is 6.21. The Hall–Kier alpha value is -3.88. The van der Waals surface area contributed by atoms with E-state index < -0.39 is 11.7 Å². The van der Waals surface area contributed by atoms with Gasteiger partial charge in [-0.05, 0) is 24.3 Å². The zero-order chi connectivity index (χ0) is 20.4. The third-order valence-corrected chi connectivity index (χ3v) is 4.13. The quantitative estimate of drug-likeness (QED) is 0.699. The number of rotatable bonds is 4. The van der Waals surface area contributed by atoms with Gasteiger partial charge < -0.3 is 24.5 Å². The van der Waals surface area contributed by atoms with Gasteiger partial charge in [0.05, 0.1) is 11.4 Å². The van der Waals surface area contributed by atoms with Gasteiger partial charge in [-0.15, -0.1) is 0 Å². The molecular weight excluding hydrogens is 381 g/mol. The Kier molecular flexibility index (Phi) is 4.86. The van der Waals surface area contributed by atoms with Crippen LogP contribution in [-0.2, 0) is 4.79 Å². The van der Waals surface area contributed by atoms with E-state index in [1.165, 1.54) is 31.2 Å². The number of carbonyl (C=O) groups excluding carboxylic acids is 2. The summed E-state index contributed by atoms with van der Waals surface area (Å²) in [6.45, 7) is 2.11. The van der Waals surface area contributed by atoms with Gasteiger partial charge in [-0.3, -0.25) is 9.59 Å². The molecule has 8 nitrogen and oxygen atoms in total. The summed E-state index contributed by atoms with van der Waals surface area (Å²) in [4.78, 5) is 28.4. The fourth-order valence-electron chi connectivity index (χ4n) is 2.88. The minimum Gasteiger partial charge on any atom is -0.486 e. The molecule has 0 unspecified atom stereocenters. The molecule has 0 atom stereocenters. The number of benzene rings is 2. The monoisotopic (exact) mass is 397 g/mol. The van der Waals surface area contributed by atoms with Gasteiger partial charge in [0.1, 0.15) is 19.0 Å². The SMILES string of the molecule is CC(=O)Nc1cc2c(cc1NC(=O)c1ncoc1-c1ccc(F)cc1)OCCO2. The van der Waals surface area contributed by atoms with Crippen molar-refractivity contribution in [3.8, 4) is 22.8 Å². The van der Waals surface area contributed by atoms with Crippen LogP contribution in [0.5, 0.6) is 11.5 Å². The Morgan fingerprint density at radius 1 is 1.00 bits per heavy atom. The summed E-state index contributed by atoms with van der Waals surface area (Å²) >= 11 is 0. The van der Waals surface area contributed by atoms with Crippen LogP contribution >= 0.6 is 0 Å². The van der Waals surface area contributed by atoms with Crippen molar-refractivity contribution in [3.63, 3.8) is 0 Å². The molecule has 2 N–H and O–H groups in total. The van der Waals surface area contributed by atoms with Gasteiger partial charge in [0, 0.05) is 24.6 Å². The molecule has 2 heterocycles. The number of nitrogens with zero attached hydrogens (tertiary/aromatic N) is 1. The molecule has 0 saturated carbocycles. The predicted molar refractivity (Wildman–Crippen MR) is 102 cm³/mol. The zero-order valence-corrected chi connectivity index (χ0v) is 15.3. The first kappa shape index (κ1) is 18.5. The molecule has 0 radical (unpaired) electrons. The Morgan fingerprint density at radius 3 is 2.24 bits per heavy atom. The lowest BCUT2D eigenvalue weighted by molar-refractivity contribution is -0.114. The standard InChI is InChI=1S/C20H16FN3O5/c1-11(25)23-14-8-16-17(28-7-6-27-16)9-15(14)24-20(26)18-19(29-10-22-18)12-2-4-13(21)5-3-12/h2-5,8-10H,6-7H2,1H3,(H,23,25)(H,24,26). The Balaban J connectivity index is 1.66. The summed E-state index contributed by atoms with van der Waals surface area (Å²) in [5, 5.41) is 5.36. The number of anilines is 2. The molecule has 1 aliphatic heterocycles. The molecule has 9 heteroatoms. The normalized spacial score (nSPS) is 12.3. The molecule has 0 fully saturated rings. The number of hydrogen-bond acceptors (Lipinski definition) is 6. The third kappa shape index (κ3) is 3.88. The predicted octanol–water partition coefficient (Wildman–Crippen LogP) is 3.46. The lowest BCUT2D eigenvalue weighted by Crippen LogP contribution is -2.19. The van der Waals surface area contributed by atoms with Gasteiger partial charge in [0.15, 0.2) is 29.3 Å². The van der Waals surface area contributed by atoms with E-state index in [-0.39, 0.29) is 17.4 Å². The lowest BCUT2D eigenvalue weighted by atomic mass is 10.1. The van der Waals surface area contributed by atoms with Crippen LogP contribution in [0.15, 0.2) is 47.2 Å². The Labute approximate surface area is 164 Å². The number of hydrogen-bond donors (Lipinski definition) is 2. The summed E-state index contributed by atoms with van der Waals surface area (Å²) < 4.78 is 29.6. The topological polar surface area (TPSA) is 103 Å². The summed E-state index contributed by atoms with van der Waals surface area (Å²) in [7, 11) is 0. The number of aromatic nitrogens is 1. The second kappa shape index (κ2) is 7.63. The minimum atomic E-state index is -0.568. The van der Waals surface area contributed by atoms with Crippen LogP contribution < -0.4 is 20.1 Å². The average molecular weight is 397 g/mol. The van der Waals surface area contributed by atoms with E-state index in [0.29, 0.717) is 41.7 Å². The van der Waals surface area contributed by atoms with Crippen LogP contribution in [0, 0.1) is 5.82 Å². The summed E-state index contributed by atoms with van der Waals surface area (Å²) in [5.74, 6) is -0.186.